The van der Waals surface area contributed by atoms with Crippen LogP contribution < -0.4 is 11.1 Å². The van der Waals surface area contributed by atoms with Gasteiger partial charge in [-0.05, 0) is 30.7 Å². The van der Waals surface area contributed by atoms with Crippen molar-refractivity contribution in [3.05, 3.63) is 40.0 Å². The summed E-state index contributed by atoms with van der Waals surface area (Å²) < 4.78 is 0. The molecule has 3 N–H and O–H groups in total. The van der Waals surface area contributed by atoms with Gasteiger partial charge in [0.2, 0.25) is 5.95 Å². The number of hydrogen-bond donors (Lipinski definition) is 2. The lowest BCUT2D eigenvalue weighted by Gasteiger charge is -2.10. The SMILES string of the molecule is Cc1cc(Cl)ccc1Nc1nc(N)ncc1Cl. The molecule has 6 heteroatoms. The van der Waals surface area contributed by atoms with Gasteiger partial charge in [0.25, 0.3) is 0 Å². The van der Waals surface area contributed by atoms with Crippen molar-refractivity contribution in [2.75, 3.05) is 11.1 Å². The lowest BCUT2D eigenvalue weighted by atomic mass is 10.2. The van der Waals surface area contributed by atoms with E-state index in [9.17, 15) is 0 Å². The van der Waals surface area contributed by atoms with Gasteiger partial charge in [0.05, 0.1) is 6.20 Å². The van der Waals surface area contributed by atoms with Crippen LogP contribution in [0.15, 0.2) is 24.4 Å². The molecule has 2 aromatic rings. The summed E-state index contributed by atoms with van der Waals surface area (Å²) in [4.78, 5) is 7.81. The van der Waals surface area contributed by atoms with Crippen LogP contribution in [0.5, 0.6) is 0 Å². The molecule has 4 nitrogen and oxygen atoms in total. The van der Waals surface area contributed by atoms with E-state index in [1.807, 2.05) is 19.1 Å². The van der Waals surface area contributed by atoms with Crippen LogP contribution in [0, 0.1) is 6.92 Å². The van der Waals surface area contributed by atoms with Gasteiger partial charge in [-0.2, -0.15) is 4.98 Å². The number of halogens is 2. The second kappa shape index (κ2) is 4.77. The molecule has 0 atom stereocenters. The Morgan fingerprint density at radius 3 is 2.76 bits per heavy atom. The third kappa shape index (κ3) is 2.78. The minimum Gasteiger partial charge on any atom is -0.368 e. The number of anilines is 3. The second-order valence-electron chi connectivity index (χ2n) is 3.51. The average molecular weight is 269 g/mol. The normalized spacial score (nSPS) is 10.3. The summed E-state index contributed by atoms with van der Waals surface area (Å²) in [5.74, 6) is 0.646. The first kappa shape index (κ1) is 12.0. The molecule has 0 aliphatic rings. The number of rotatable bonds is 2. The number of nitrogens with zero attached hydrogens (tertiary/aromatic N) is 2. The fourth-order valence-corrected chi connectivity index (χ4v) is 1.73. The van der Waals surface area contributed by atoms with Crippen LogP contribution in [0.1, 0.15) is 5.56 Å². The number of aryl methyl sites for hydroxylation is 1. The Kier molecular flexibility index (Phi) is 3.36. The van der Waals surface area contributed by atoms with Crippen LogP contribution in [0.25, 0.3) is 0 Å². The maximum absolute atomic E-state index is 5.96. The number of benzene rings is 1. The minimum absolute atomic E-state index is 0.170. The van der Waals surface area contributed by atoms with E-state index < -0.39 is 0 Å². The highest BCUT2D eigenvalue weighted by Gasteiger charge is 2.06. The number of nitrogens with one attached hydrogen (secondary N) is 1. The smallest absolute Gasteiger partial charge is 0.222 e. The van der Waals surface area contributed by atoms with Crippen LogP contribution in [-0.2, 0) is 0 Å². The Morgan fingerprint density at radius 2 is 2.06 bits per heavy atom. The van der Waals surface area contributed by atoms with Gasteiger partial charge >= 0.3 is 0 Å². The van der Waals surface area contributed by atoms with E-state index >= 15 is 0 Å². The highest BCUT2D eigenvalue weighted by Crippen LogP contribution is 2.26. The standard InChI is InChI=1S/C11H10Cl2N4/c1-6-4-7(12)2-3-9(6)16-10-8(13)5-15-11(14)17-10/h2-5H,1H3,(H3,14,15,16,17). The highest BCUT2D eigenvalue weighted by atomic mass is 35.5. The molecule has 0 aliphatic heterocycles. The Hall–Kier alpha value is -1.52. The molecule has 0 saturated carbocycles. The maximum atomic E-state index is 5.96. The summed E-state index contributed by atoms with van der Waals surface area (Å²) in [6, 6.07) is 5.49. The lowest BCUT2D eigenvalue weighted by molar-refractivity contribution is 1.18. The molecular weight excluding hydrogens is 259 g/mol. The molecule has 0 aliphatic carbocycles. The van der Waals surface area contributed by atoms with Gasteiger partial charge in [-0.25, -0.2) is 4.98 Å². The monoisotopic (exact) mass is 268 g/mol. The molecule has 2 rings (SSSR count). The zero-order valence-electron chi connectivity index (χ0n) is 9.04. The van der Waals surface area contributed by atoms with Crippen molar-refractivity contribution >= 4 is 40.7 Å². The molecule has 0 amide bonds. The molecule has 0 unspecified atom stereocenters. The van der Waals surface area contributed by atoms with Crippen LogP contribution in [0.4, 0.5) is 17.5 Å². The van der Waals surface area contributed by atoms with E-state index in [1.54, 1.807) is 6.07 Å². The van der Waals surface area contributed by atoms with Crippen LogP contribution in [0.2, 0.25) is 10.0 Å². The van der Waals surface area contributed by atoms with Crippen molar-refractivity contribution in [3.63, 3.8) is 0 Å². The van der Waals surface area contributed by atoms with E-state index in [1.165, 1.54) is 6.20 Å². The fraction of sp³-hybridized carbons (Fsp3) is 0.0909. The van der Waals surface area contributed by atoms with Crippen LogP contribution in [-0.4, -0.2) is 9.97 Å². The topological polar surface area (TPSA) is 63.8 Å². The van der Waals surface area contributed by atoms with Crippen molar-refractivity contribution < 1.29 is 0 Å². The first-order valence-electron chi connectivity index (χ1n) is 4.87. The Labute approximate surface area is 109 Å². The summed E-state index contributed by atoms with van der Waals surface area (Å²) in [6.07, 6.45) is 1.46. The van der Waals surface area contributed by atoms with Crippen molar-refractivity contribution in [2.45, 2.75) is 6.92 Å². The first-order valence-corrected chi connectivity index (χ1v) is 5.63. The molecule has 0 spiro atoms. The van der Waals surface area contributed by atoms with Gasteiger partial charge in [-0.3, -0.25) is 0 Å². The Bertz CT molecular complexity index is 557. The molecule has 0 fully saturated rings. The number of nitrogens with two attached hydrogens (primary N) is 1. The van der Waals surface area contributed by atoms with Crippen molar-refractivity contribution in [1.82, 2.24) is 9.97 Å². The predicted octanol–water partition coefficient (Wildman–Crippen LogP) is 3.42. The summed E-state index contributed by atoms with van der Waals surface area (Å²) in [7, 11) is 0. The van der Waals surface area contributed by atoms with E-state index in [-0.39, 0.29) is 5.95 Å². The zero-order chi connectivity index (χ0) is 12.4. The largest absolute Gasteiger partial charge is 0.368 e. The van der Waals surface area contributed by atoms with Gasteiger partial charge in [0.15, 0.2) is 5.82 Å². The summed E-state index contributed by atoms with van der Waals surface area (Å²) in [5.41, 5.74) is 7.36. The fourth-order valence-electron chi connectivity index (χ4n) is 1.36. The van der Waals surface area contributed by atoms with Crippen molar-refractivity contribution in [3.8, 4) is 0 Å². The molecule has 1 heterocycles. The first-order chi connectivity index (χ1) is 8.06. The van der Waals surface area contributed by atoms with Gasteiger partial charge in [0.1, 0.15) is 5.02 Å². The number of hydrogen-bond acceptors (Lipinski definition) is 4. The van der Waals surface area contributed by atoms with Gasteiger partial charge in [-0.1, -0.05) is 23.2 Å². The quantitative estimate of drug-likeness (QED) is 0.876. The molecule has 88 valence electrons. The molecule has 17 heavy (non-hydrogen) atoms. The summed E-state index contributed by atoms with van der Waals surface area (Å²) in [6.45, 7) is 1.94. The third-order valence-electron chi connectivity index (χ3n) is 2.20. The Morgan fingerprint density at radius 1 is 1.29 bits per heavy atom. The van der Waals surface area contributed by atoms with E-state index in [4.69, 9.17) is 28.9 Å². The molecule has 1 aromatic heterocycles. The van der Waals surface area contributed by atoms with Gasteiger partial charge in [-0.15, -0.1) is 0 Å². The van der Waals surface area contributed by atoms with Crippen molar-refractivity contribution in [1.29, 1.82) is 0 Å². The van der Waals surface area contributed by atoms with Gasteiger partial charge in [0, 0.05) is 10.7 Å². The average Bonchev–Trinajstić information content (AvgIpc) is 2.27. The van der Waals surface area contributed by atoms with Gasteiger partial charge < -0.3 is 11.1 Å². The molecular formula is C11H10Cl2N4. The van der Waals surface area contributed by atoms with Crippen molar-refractivity contribution in [2.24, 2.45) is 0 Å². The third-order valence-corrected chi connectivity index (χ3v) is 2.72. The van der Waals surface area contributed by atoms with E-state index in [0.717, 1.165) is 11.3 Å². The second-order valence-corrected chi connectivity index (χ2v) is 4.35. The Balaban J connectivity index is 2.34. The number of nitrogen functional groups attached to an aromatic ring is 1. The zero-order valence-corrected chi connectivity index (χ0v) is 10.5. The van der Waals surface area contributed by atoms with E-state index in [0.29, 0.717) is 15.9 Å². The molecule has 0 saturated heterocycles. The minimum atomic E-state index is 0.170. The number of aromatic nitrogens is 2. The highest BCUT2D eigenvalue weighted by molar-refractivity contribution is 6.33. The maximum Gasteiger partial charge on any atom is 0.222 e. The molecule has 0 radical (unpaired) electrons. The summed E-state index contributed by atoms with van der Waals surface area (Å²) >= 11 is 11.8. The van der Waals surface area contributed by atoms with Crippen LogP contribution in [0.3, 0.4) is 0 Å². The molecule has 1 aromatic carbocycles. The lowest BCUT2D eigenvalue weighted by Crippen LogP contribution is -2.01. The molecule has 0 bridgehead atoms. The van der Waals surface area contributed by atoms with Crippen LogP contribution >= 0.6 is 23.2 Å². The summed E-state index contributed by atoms with van der Waals surface area (Å²) in [5, 5.41) is 4.18. The van der Waals surface area contributed by atoms with E-state index in [2.05, 4.69) is 15.3 Å². The predicted molar refractivity (Wildman–Crippen MR) is 70.9 cm³/mol.